The lowest BCUT2D eigenvalue weighted by Crippen LogP contribution is -2.16. The van der Waals surface area contributed by atoms with Crippen molar-refractivity contribution in [2.24, 2.45) is 0 Å². The predicted molar refractivity (Wildman–Crippen MR) is 134 cm³/mol. The van der Waals surface area contributed by atoms with Gasteiger partial charge in [0, 0.05) is 47.9 Å². The van der Waals surface area contributed by atoms with Crippen molar-refractivity contribution < 1.29 is 8.78 Å². The van der Waals surface area contributed by atoms with Gasteiger partial charge in [-0.05, 0) is 35.4 Å². The van der Waals surface area contributed by atoms with Gasteiger partial charge in [-0.15, -0.1) is 16.4 Å². The Morgan fingerprint density at radius 3 is 2.83 bits per heavy atom. The molecule has 1 fully saturated rings. The highest BCUT2D eigenvalue weighted by molar-refractivity contribution is 7.22. The zero-order valence-corrected chi connectivity index (χ0v) is 20.0. The largest absolute Gasteiger partial charge is 0.352 e. The van der Waals surface area contributed by atoms with Crippen LogP contribution in [0.25, 0.3) is 31.8 Å². The summed E-state index contributed by atoms with van der Waals surface area (Å²) in [6, 6.07) is 9.76. The molecule has 6 rings (SSSR count). The average molecular weight is 505 g/mol. The summed E-state index contributed by atoms with van der Waals surface area (Å²) in [7, 11) is 0. The summed E-state index contributed by atoms with van der Waals surface area (Å²) in [6.45, 7) is 1.70. The minimum absolute atomic E-state index is 0.219. The van der Waals surface area contributed by atoms with E-state index in [9.17, 15) is 8.78 Å². The molecule has 0 unspecified atom stereocenters. The second-order valence-corrected chi connectivity index (χ2v) is 9.69. The van der Waals surface area contributed by atoms with Crippen molar-refractivity contribution >= 4 is 27.4 Å². The van der Waals surface area contributed by atoms with Crippen LogP contribution in [0.2, 0.25) is 0 Å². The summed E-state index contributed by atoms with van der Waals surface area (Å²) >= 11 is 1.42. The number of nitrogens with zero attached hydrogens (tertiary/aromatic N) is 6. The zero-order valence-electron chi connectivity index (χ0n) is 19.2. The third kappa shape index (κ3) is 4.79. The van der Waals surface area contributed by atoms with Gasteiger partial charge in [0.05, 0.1) is 23.8 Å². The number of thiophene rings is 1. The predicted octanol–water partition coefficient (Wildman–Crippen LogP) is 4.65. The lowest BCUT2D eigenvalue weighted by atomic mass is 10.00. The maximum absolute atomic E-state index is 14.8. The Balaban J connectivity index is 1.32. The van der Waals surface area contributed by atoms with Crippen LogP contribution in [-0.4, -0.2) is 42.5 Å². The molecule has 0 bridgehead atoms. The molecule has 0 radical (unpaired) electrons. The first kappa shape index (κ1) is 22.6. The van der Waals surface area contributed by atoms with Crippen LogP contribution < -0.4 is 10.6 Å². The Labute approximate surface area is 209 Å². The number of hydrogen-bond acceptors (Lipinski definition) is 8. The SMILES string of the molecule is Fc1cc(-c2cccc3cc(-c4nc(NCCn5ccnn5)ncc4F)sc23)c(CNC2CC2)cn1. The van der Waals surface area contributed by atoms with Crippen LogP contribution in [0.4, 0.5) is 14.7 Å². The summed E-state index contributed by atoms with van der Waals surface area (Å²) in [6.07, 6.45) is 8.45. The van der Waals surface area contributed by atoms with Crippen LogP contribution >= 0.6 is 11.3 Å². The zero-order chi connectivity index (χ0) is 24.5. The molecule has 8 nitrogen and oxygen atoms in total. The van der Waals surface area contributed by atoms with Crippen LogP contribution in [0, 0.1) is 11.8 Å². The molecule has 4 heterocycles. The molecule has 1 aliphatic rings. The third-order valence-corrected chi connectivity index (χ3v) is 7.21. The Bertz CT molecular complexity index is 1510. The minimum Gasteiger partial charge on any atom is -0.352 e. The molecule has 11 heteroatoms. The molecule has 4 aromatic heterocycles. The van der Waals surface area contributed by atoms with E-state index in [2.05, 4.69) is 35.9 Å². The summed E-state index contributed by atoms with van der Waals surface area (Å²) in [5.41, 5.74) is 2.82. The number of halogens is 2. The van der Waals surface area contributed by atoms with E-state index in [1.165, 1.54) is 23.6 Å². The number of anilines is 1. The van der Waals surface area contributed by atoms with Gasteiger partial charge in [-0.25, -0.2) is 19.3 Å². The molecule has 1 aliphatic carbocycles. The van der Waals surface area contributed by atoms with Gasteiger partial charge in [0.1, 0.15) is 5.69 Å². The van der Waals surface area contributed by atoms with Crippen molar-refractivity contribution in [1.82, 2.24) is 35.3 Å². The van der Waals surface area contributed by atoms with E-state index in [-0.39, 0.29) is 5.69 Å². The fourth-order valence-corrected chi connectivity index (χ4v) is 5.22. The second kappa shape index (κ2) is 9.67. The summed E-state index contributed by atoms with van der Waals surface area (Å²) in [5.74, 6) is -0.708. The first-order valence-corrected chi connectivity index (χ1v) is 12.5. The second-order valence-electron chi connectivity index (χ2n) is 8.64. The molecule has 0 spiro atoms. The van der Waals surface area contributed by atoms with E-state index in [1.54, 1.807) is 23.3 Å². The van der Waals surface area contributed by atoms with E-state index in [4.69, 9.17) is 0 Å². The number of pyridine rings is 1. The van der Waals surface area contributed by atoms with Crippen molar-refractivity contribution in [2.75, 3.05) is 11.9 Å². The van der Waals surface area contributed by atoms with Gasteiger partial charge < -0.3 is 10.6 Å². The Hall–Kier alpha value is -3.83. The van der Waals surface area contributed by atoms with Gasteiger partial charge >= 0.3 is 0 Å². The topological polar surface area (TPSA) is 93.4 Å². The van der Waals surface area contributed by atoms with Crippen molar-refractivity contribution in [3.63, 3.8) is 0 Å². The summed E-state index contributed by atoms with van der Waals surface area (Å²) in [4.78, 5) is 13.0. The van der Waals surface area contributed by atoms with E-state index in [0.717, 1.165) is 39.6 Å². The lowest BCUT2D eigenvalue weighted by Gasteiger charge is -2.11. The van der Waals surface area contributed by atoms with Crippen LogP contribution in [0.15, 0.2) is 55.1 Å². The highest BCUT2D eigenvalue weighted by Crippen LogP contribution is 2.40. The first-order valence-electron chi connectivity index (χ1n) is 11.7. The number of rotatable bonds is 9. The maximum atomic E-state index is 14.8. The molecule has 0 aliphatic heterocycles. The third-order valence-electron chi connectivity index (χ3n) is 6.02. The number of aromatic nitrogens is 6. The van der Waals surface area contributed by atoms with E-state index >= 15 is 0 Å². The fourth-order valence-electron chi connectivity index (χ4n) is 4.04. The van der Waals surface area contributed by atoms with E-state index in [1.807, 2.05) is 24.3 Å². The molecule has 1 aromatic carbocycles. The standard InChI is InChI=1S/C25H22F2N8S/c26-20-14-31-25(28-6-8-35-9-7-32-34-35)33-23(20)21-10-15-2-1-3-18(24(15)36-21)19-11-22(27)30-13-16(19)12-29-17-4-5-17/h1-3,7,9-11,13-14,17,29H,4-6,8,12H2,(H,28,31,33). The fraction of sp³-hybridized carbons (Fsp3) is 0.240. The van der Waals surface area contributed by atoms with Gasteiger partial charge in [-0.3, -0.25) is 4.68 Å². The van der Waals surface area contributed by atoms with Crippen molar-refractivity contribution in [3.8, 4) is 21.7 Å². The minimum atomic E-state index is -0.530. The van der Waals surface area contributed by atoms with Crippen LogP contribution in [-0.2, 0) is 13.1 Å². The van der Waals surface area contributed by atoms with Gasteiger partial charge in [-0.2, -0.15) is 4.39 Å². The van der Waals surface area contributed by atoms with Gasteiger partial charge in [0.2, 0.25) is 11.9 Å². The molecule has 182 valence electrons. The quantitative estimate of drug-likeness (QED) is 0.282. The van der Waals surface area contributed by atoms with E-state index < -0.39 is 11.8 Å². The number of nitrogens with one attached hydrogen (secondary N) is 2. The van der Waals surface area contributed by atoms with Crippen molar-refractivity contribution in [2.45, 2.75) is 32.0 Å². The van der Waals surface area contributed by atoms with Crippen LogP contribution in [0.1, 0.15) is 18.4 Å². The molecule has 1 saturated carbocycles. The Morgan fingerprint density at radius 1 is 1.08 bits per heavy atom. The average Bonchev–Trinajstić information content (AvgIpc) is 3.37. The summed E-state index contributed by atoms with van der Waals surface area (Å²) < 4.78 is 31.6. The molecule has 0 atom stereocenters. The number of fused-ring (bicyclic) bond motifs is 1. The highest BCUT2D eigenvalue weighted by Gasteiger charge is 2.22. The van der Waals surface area contributed by atoms with E-state index in [0.29, 0.717) is 36.5 Å². The monoisotopic (exact) mass is 504 g/mol. The highest BCUT2D eigenvalue weighted by atomic mass is 32.1. The first-order chi connectivity index (χ1) is 17.6. The van der Waals surface area contributed by atoms with Crippen LogP contribution in [0.3, 0.4) is 0 Å². The Morgan fingerprint density at radius 2 is 2.00 bits per heavy atom. The molecule has 0 amide bonds. The van der Waals surface area contributed by atoms with Gasteiger partial charge in [-0.1, -0.05) is 23.4 Å². The molecular weight excluding hydrogens is 482 g/mol. The normalized spacial score (nSPS) is 13.4. The smallest absolute Gasteiger partial charge is 0.223 e. The van der Waals surface area contributed by atoms with Gasteiger partial charge in [0.25, 0.3) is 0 Å². The maximum Gasteiger partial charge on any atom is 0.223 e. The Kier molecular flexibility index (Phi) is 6.08. The van der Waals surface area contributed by atoms with Crippen LogP contribution in [0.5, 0.6) is 0 Å². The molecule has 5 aromatic rings. The van der Waals surface area contributed by atoms with Gasteiger partial charge in [0.15, 0.2) is 5.82 Å². The van der Waals surface area contributed by atoms with Crippen molar-refractivity contribution in [1.29, 1.82) is 0 Å². The number of hydrogen-bond donors (Lipinski definition) is 2. The molecule has 36 heavy (non-hydrogen) atoms. The molecule has 0 saturated heterocycles. The lowest BCUT2D eigenvalue weighted by molar-refractivity contribution is 0.581. The molecule has 2 N–H and O–H groups in total. The summed E-state index contributed by atoms with van der Waals surface area (Å²) in [5, 5.41) is 15.2. The molecular formula is C25H22F2N8S. The number of benzene rings is 1. The van der Waals surface area contributed by atoms with Crippen molar-refractivity contribution in [3.05, 3.63) is 72.4 Å².